The molecule has 0 aliphatic carbocycles. The molecule has 0 saturated heterocycles. The Balaban J connectivity index is -0.0000000482. The summed E-state index contributed by atoms with van der Waals surface area (Å²) in [7, 11) is 0. The van der Waals surface area contributed by atoms with E-state index in [0.29, 0.717) is 51.2 Å². The van der Waals surface area contributed by atoms with Crippen LogP contribution in [0.5, 0.6) is 0 Å². The first-order valence-electron chi connectivity index (χ1n) is 6.61. The number of rotatable bonds is 6. The van der Waals surface area contributed by atoms with Gasteiger partial charge in [0.1, 0.15) is 0 Å². The first-order valence-corrected chi connectivity index (χ1v) is 7.61. The summed E-state index contributed by atoms with van der Waals surface area (Å²) in [5.74, 6) is 0. The monoisotopic (exact) mass is 378 g/mol. The van der Waals surface area contributed by atoms with E-state index in [9.17, 15) is 0 Å². The van der Waals surface area contributed by atoms with E-state index in [2.05, 4.69) is 9.78 Å². The van der Waals surface area contributed by atoms with Crippen molar-refractivity contribution in [3.8, 4) is 0 Å². The Kier molecular flexibility index (Phi) is 98.3. The summed E-state index contributed by atoms with van der Waals surface area (Å²) in [5, 5.41) is 30.9. The molecule has 0 saturated carbocycles. The van der Waals surface area contributed by atoms with Gasteiger partial charge < -0.3 is 10.2 Å². The molecule has 0 fully saturated rings. The summed E-state index contributed by atoms with van der Waals surface area (Å²) in [6, 6.07) is 0. The van der Waals surface area contributed by atoms with Crippen LogP contribution in [-0.2, 0) is 37.3 Å². The van der Waals surface area contributed by atoms with Gasteiger partial charge in [0.05, 0.1) is 13.2 Å². The van der Waals surface area contributed by atoms with Gasteiger partial charge in [0.15, 0.2) is 0 Å². The number of aliphatic hydroxyl groups excluding tert-OH is 2. The van der Waals surface area contributed by atoms with E-state index in [0.717, 1.165) is 25.7 Å². The third kappa shape index (κ3) is 135. The Morgan fingerprint density at radius 1 is 0.700 bits per heavy atom. The topological polar surface area (TPSA) is 116 Å². The molecule has 0 rings (SSSR count). The predicted molar refractivity (Wildman–Crippen MR) is 73.2 cm³/mol. The van der Waals surface area contributed by atoms with Crippen LogP contribution in [0, 0.1) is 0 Å². The van der Waals surface area contributed by atoms with E-state index in [1.54, 1.807) is 0 Å². The summed E-state index contributed by atoms with van der Waals surface area (Å²) >= 11 is 0.300. The van der Waals surface area contributed by atoms with E-state index < -0.39 is 0 Å². The summed E-state index contributed by atoms with van der Waals surface area (Å²) in [5.41, 5.74) is 0. The van der Waals surface area contributed by atoms with Crippen LogP contribution in [0.3, 0.4) is 0 Å². The van der Waals surface area contributed by atoms with Crippen molar-refractivity contribution in [2.75, 3.05) is 26.4 Å². The molecule has 20 heavy (non-hydrogen) atoms. The second kappa shape index (κ2) is 60.6. The van der Waals surface area contributed by atoms with Gasteiger partial charge in [-0.2, -0.15) is 0 Å². The van der Waals surface area contributed by atoms with Crippen LogP contribution in [0.4, 0.5) is 0 Å². The summed E-state index contributed by atoms with van der Waals surface area (Å²) in [6.45, 7) is 9.24. The molecule has 0 aliphatic heterocycles. The van der Waals surface area contributed by atoms with Gasteiger partial charge in [-0.1, -0.05) is 27.7 Å². The Morgan fingerprint density at radius 2 is 0.900 bits per heavy atom. The Bertz CT molecular complexity index is 81.9. The molecule has 0 amide bonds. The minimum atomic E-state index is 0.300. The molecule has 0 aliphatic rings. The van der Waals surface area contributed by atoms with Crippen LogP contribution in [0.25, 0.3) is 0 Å². The quantitative estimate of drug-likeness (QED) is 0.413. The molecule has 8 heteroatoms. The van der Waals surface area contributed by atoms with E-state index in [4.69, 9.17) is 23.5 Å². The standard InChI is InChI=1S/2C3H8O2.2C3H8O.O.Zr/c2*1-2-3-5-4;2*1-2-3-4;;/h2*4H,2-3H2,1H3;2*4H,2-3H2,1H3;;. The van der Waals surface area contributed by atoms with Gasteiger partial charge in [-0.3, -0.25) is 10.5 Å². The molecule has 0 radical (unpaired) electrons. The van der Waals surface area contributed by atoms with Crippen molar-refractivity contribution in [2.24, 2.45) is 0 Å². The molecule has 126 valence electrons. The van der Waals surface area contributed by atoms with Crippen LogP contribution in [-0.4, -0.2) is 47.2 Å². The van der Waals surface area contributed by atoms with Gasteiger partial charge in [0, 0.05) is 13.2 Å². The van der Waals surface area contributed by atoms with Gasteiger partial charge >= 0.3 is 27.5 Å². The summed E-state index contributed by atoms with van der Waals surface area (Å²) < 4.78 is 8.34. The predicted octanol–water partition coefficient (Wildman–Crippen LogP) is 2.43. The zero-order chi connectivity index (χ0) is 17.1. The first kappa shape index (κ1) is 32.4. The van der Waals surface area contributed by atoms with Gasteiger partial charge in [0.2, 0.25) is 0 Å². The van der Waals surface area contributed by atoms with E-state index in [-0.39, 0.29) is 0 Å². The zero-order valence-electron chi connectivity index (χ0n) is 13.2. The average molecular weight is 380 g/mol. The van der Waals surface area contributed by atoms with Crippen molar-refractivity contribution in [2.45, 2.75) is 53.4 Å². The molecule has 0 atom stereocenters. The normalized spacial score (nSPS) is 7.35. The average Bonchev–Trinajstić information content (AvgIpc) is 2.52. The number of aliphatic hydroxyl groups is 2. The van der Waals surface area contributed by atoms with Gasteiger partial charge in [-0.25, -0.2) is 9.78 Å². The molecule has 0 spiro atoms. The van der Waals surface area contributed by atoms with Gasteiger partial charge in [-0.15, -0.1) is 0 Å². The molecular formula is C12H32O7Zr. The third-order valence-corrected chi connectivity index (χ3v) is 1.04. The Hall–Kier alpha value is 0.443. The fourth-order valence-corrected chi connectivity index (χ4v) is 0.183. The molecule has 7 nitrogen and oxygen atoms in total. The Labute approximate surface area is 138 Å². The summed E-state index contributed by atoms with van der Waals surface area (Å²) in [4.78, 5) is 7.38. The maximum atomic E-state index is 8.34. The second-order valence-electron chi connectivity index (χ2n) is 3.11. The number of hydrogen-bond donors (Lipinski definition) is 4. The van der Waals surface area contributed by atoms with Crippen molar-refractivity contribution in [3.05, 3.63) is 0 Å². The van der Waals surface area contributed by atoms with E-state index in [1.165, 1.54) is 0 Å². The van der Waals surface area contributed by atoms with Gasteiger partial charge in [-0.05, 0) is 25.7 Å². The van der Waals surface area contributed by atoms with E-state index in [1.807, 2.05) is 27.7 Å². The Morgan fingerprint density at radius 3 is 0.900 bits per heavy atom. The van der Waals surface area contributed by atoms with Crippen molar-refractivity contribution < 1.29 is 58.0 Å². The van der Waals surface area contributed by atoms with Gasteiger partial charge in [0.25, 0.3) is 0 Å². The maximum absolute atomic E-state index is 8.34. The SMILES string of the molecule is CCCO.CCCO.CCCOO.CCCOO.[O]=[Zr]. The minimum absolute atomic E-state index is 0.300. The van der Waals surface area contributed by atoms with Crippen molar-refractivity contribution in [1.29, 1.82) is 0 Å². The van der Waals surface area contributed by atoms with Crippen LogP contribution in [0.15, 0.2) is 0 Å². The second-order valence-corrected chi connectivity index (χ2v) is 3.11. The van der Waals surface area contributed by atoms with Crippen LogP contribution in [0.1, 0.15) is 53.4 Å². The third-order valence-electron chi connectivity index (χ3n) is 1.04. The molecule has 0 aromatic rings. The molecule has 0 bridgehead atoms. The zero-order valence-corrected chi connectivity index (χ0v) is 15.6. The van der Waals surface area contributed by atoms with E-state index >= 15 is 0 Å². The molecule has 4 N–H and O–H groups in total. The van der Waals surface area contributed by atoms with Crippen molar-refractivity contribution >= 4 is 0 Å². The van der Waals surface area contributed by atoms with Crippen LogP contribution >= 0.6 is 0 Å². The van der Waals surface area contributed by atoms with Crippen LogP contribution < -0.4 is 0 Å². The van der Waals surface area contributed by atoms with Crippen molar-refractivity contribution in [1.82, 2.24) is 0 Å². The number of hydrogen-bond acceptors (Lipinski definition) is 7. The molecule has 0 unspecified atom stereocenters. The fraction of sp³-hybridized carbons (Fsp3) is 1.00. The fourth-order valence-electron chi connectivity index (χ4n) is 0.183. The first-order chi connectivity index (χ1) is 9.66. The summed E-state index contributed by atoms with van der Waals surface area (Å²) in [6.07, 6.45) is 3.49. The molecule has 0 aromatic carbocycles. The molecule has 0 heterocycles. The van der Waals surface area contributed by atoms with Crippen LogP contribution in [0.2, 0.25) is 0 Å². The molecular weight excluding hydrogens is 347 g/mol. The van der Waals surface area contributed by atoms with Crippen molar-refractivity contribution in [3.63, 3.8) is 0 Å². The molecule has 0 aromatic heterocycles.